The number of carbonyl (C=O) groups is 1. The van der Waals surface area contributed by atoms with Crippen LogP contribution in [0.4, 0.5) is 11.4 Å². The van der Waals surface area contributed by atoms with Crippen LogP contribution in [0.2, 0.25) is 0 Å². The van der Waals surface area contributed by atoms with Crippen LogP contribution in [0.3, 0.4) is 0 Å². The van der Waals surface area contributed by atoms with E-state index in [9.17, 15) is 4.79 Å². The number of nitrogens with zero attached hydrogens (tertiary/aromatic N) is 2. The van der Waals surface area contributed by atoms with Crippen LogP contribution in [0.15, 0.2) is 30.3 Å². The lowest BCUT2D eigenvalue weighted by atomic mass is 10.2. The lowest BCUT2D eigenvalue weighted by Gasteiger charge is -2.23. The average molecular weight is 288 g/mol. The summed E-state index contributed by atoms with van der Waals surface area (Å²) < 4.78 is 0. The van der Waals surface area contributed by atoms with Crippen LogP contribution in [0.25, 0.3) is 0 Å². The first kappa shape index (κ1) is 15.1. The number of nitrogens with one attached hydrogen (secondary N) is 2. The summed E-state index contributed by atoms with van der Waals surface area (Å²) in [6, 6.07) is 9.55. The highest BCUT2D eigenvalue weighted by Crippen LogP contribution is 2.17. The van der Waals surface area contributed by atoms with Crippen LogP contribution in [0, 0.1) is 13.8 Å². The number of benzene rings is 1. The van der Waals surface area contributed by atoms with Gasteiger partial charge in [0.05, 0.1) is 30.2 Å². The molecule has 2 aromatic rings. The van der Waals surface area contributed by atoms with Crippen LogP contribution in [0.1, 0.15) is 11.4 Å². The number of aliphatic hydroxyl groups is 1. The molecule has 1 aromatic carbocycles. The molecule has 1 heterocycles. The molecule has 3 N–H and O–H groups in total. The molecule has 0 bridgehead atoms. The molecular weight excluding hydrogens is 268 g/mol. The normalized spacial score (nSPS) is 10.4. The van der Waals surface area contributed by atoms with Gasteiger partial charge in [-0.15, -0.1) is 0 Å². The third kappa shape index (κ3) is 3.82. The van der Waals surface area contributed by atoms with Gasteiger partial charge in [0.1, 0.15) is 0 Å². The molecule has 6 heteroatoms. The van der Waals surface area contributed by atoms with E-state index in [0.717, 1.165) is 22.8 Å². The zero-order chi connectivity index (χ0) is 15.2. The van der Waals surface area contributed by atoms with Gasteiger partial charge in [0.2, 0.25) is 5.91 Å². The minimum absolute atomic E-state index is 0.00800. The molecule has 0 unspecified atom stereocenters. The molecule has 0 radical (unpaired) electrons. The van der Waals surface area contributed by atoms with Crippen molar-refractivity contribution in [3.63, 3.8) is 0 Å². The summed E-state index contributed by atoms with van der Waals surface area (Å²) in [6.07, 6.45) is 0. The minimum atomic E-state index is -0.139. The Hall–Kier alpha value is -2.34. The SMILES string of the molecule is Cc1n[nH]c(C)c1NC(=O)CN(CCO)c1ccccc1. The Kier molecular flexibility index (Phi) is 4.94. The van der Waals surface area contributed by atoms with E-state index in [1.54, 1.807) is 0 Å². The van der Waals surface area contributed by atoms with Crippen molar-refractivity contribution in [1.82, 2.24) is 10.2 Å². The van der Waals surface area contributed by atoms with Crippen molar-refractivity contribution in [1.29, 1.82) is 0 Å². The highest BCUT2D eigenvalue weighted by molar-refractivity contribution is 5.95. The first-order valence-electron chi connectivity index (χ1n) is 6.84. The second-order valence-corrected chi connectivity index (χ2v) is 4.84. The molecule has 0 spiro atoms. The number of aryl methyl sites for hydroxylation is 2. The third-order valence-corrected chi connectivity index (χ3v) is 3.22. The lowest BCUT2D eigenvalue weighted by Crippen LogP contribution is -2.35. The molecule has 1 aromatic heterocycles. The summed E-state index contributed by atoms with van der Waals surface area (Å²) in [5.74, 6) is -0.139. The molecular formula is C15H20N4O2. The first-order valence-corrected chi connectivity index (χ1v) is 6.84. The fourth-order valence-corrected chi connectivity index (χ4v) is 2.15. The Balaban J connectivity index is 2.05. The summed E-state index contributed by atoms with van der Waals surface area (Å²) >= 11 is 0. The maximum Gasteiger partial charge on any atom is 0.243 e. The molecule has 0 saturated carbocycles. The Morgan fingerprint density at radius 2 is 2.05 bits per heavy atom. The number of hydrogen-bond acceptors (Lipinski definition) is 4. The Morgan fingerprint density at radius 1 is 1.33 bits per heavy atom. The number of aliphatic hydroxyl groups excluding tert-OH is 1. The molecule has 0 atom stereocenters. The van der Waals surface area contributed by atoms with Crippen molar-refractivity contribution in [2.24, 2.45) is 0 Å². The average Bonchev–Trinajstić information content (AvgIpc) is 2.79. The fraction of sp³-hybridized carbons (Fsp3) is 0.333. The molecule has 112 valence electrons. The predicted molar refractivity (Wildman–Crippen MR) is 82.4 cm³/mol. The van der Waals surface area contributed by atoms with Gasteiger partial charge in [-0.1, -0.05) is 18.2 Å². The van der Waals surface area contributed by atoms with E-state index in [4.69, 9.17) is 5.11 Å². The number of aromatic nitrogens is 2. The molecule has 0 aliphatic heterocycles. The highest BCUT2D eigenvalue weighted by Gasteiger charge is 2.14. The molecule has 0 fully saturated rings. The standard InChI is InChI=1S/C15H20N4O2/c1-11-15(12(2)18-17-11)16-14(21)10-19(8-9-20)13-6-4-3-5-7-13/h3-7,20H,8-10H2,1-2H3,(H,16,21)(H,17,18). The maximum atomic E-state index is 12.2. The minimum Gasteiger partial charge on any atom is -0.395 e. The third-order valence-electron chi connectivity index (χ3n) is 3.22. The molecule has 0 saturated heterocycles. The molecule has 1 amide bonds. The first-order chi connectivity index (χ1) is 10.1. The predicted octanol–water partition coefficient (Wildman–Crippen LogP) is 1.46. The summed E-state index contributed by atoms with van der Waals surface area (Å²) in [7, 11) is 0. The van der Waals surface area contributed by atoms with E-state index in [0.29, 0.717) is 6.54 Å². The number of carbonyl (C=O) groups excluding carboxylic acids is 1. The van der Waals surface area contributed by atoms with Gasteiger partial charge in [-0.2, -0.15) is 5.10 Å². The molecule has 21 heavy (non-hydrogen) atoms. The zero-order valence-corrected chi connectivity index (χ0v) is 12.3. The number of para-hydroxylation sites is 1. The van der Waals surface area contributed by atoms with Gasteiger partial charge in [-0.05, 0) is 26.0 Å². The summed E-state index contributed by atoms with van der Waals surface area (Å²) in [6.45, 7) is 4.27. The largest absolute Gasteiger partial charge is 0.395 e. The number of rotatable bonds is 6. The second kappa shape index (κ2) is 6.90. The number of anilines is 2. The number of amides is 1. The molecule has 0 aliphatic rings. The van der Waals surface area contributed by atoms with Gasteiger partial charge in [0, 0.05) is 12.2 Å². The Morgan fingerprint density at radius 3 is 2.62 bits per heavy atom. The van der Waals surface area contributed by atoms with Crippen molar-refractivity contribution in [2.75, 3.05) is 29.9 Å². The van der Waals surface area contributed by atoms with Gasteiger partial charge in [0.25, 0.3) is 0 Å². The van der Waals surface area contributed by atoms with Gasteiger partial charge >= 0.3 is 0 Å². The summed E-state index contributed by atoms with van der Waals surface area (Å²) in [5.41, 5.74) is 3.21. The number of hydrogen-bond donors (Lipinski definition) is 3. The van der Waals surface area contributed by atoms with Gasteiger partial charge < -0.3 is 15.3 Å². The van der Waals surface area contributed by atoms with Gasteiger partial charge in [-0.25, -0.2) is 0 Å². The fourth-order valence-electron chi connectivity index (χ4n) is 2.15. The van der Waals surface area contributed by atoms with Crippen LogP contribution < -0.4 is 10.2 Å². The van der Waals surface area contributed by atoms with Gasteiger partial charge in [-0.3, -0.25) is 9.89 Å². The zero-order valence-electron chi connectivity index (χ0n) is 12.3. The topological polar surface area (TPSA) is 81.2 Å². The highest BCUT2D eigenvalue weighted by atomic mass is 16.3. The van der Waals surface area contributed by atoms with Crippen molar-refractivity contribution >= 4 is 17.3 Å². The monoisotopic (exact) mass is 288 g/mol. The molecule has 2 rings (SSSR count). The van der Waals surface area contributed by atoms with Crippen LogP contribution >= 0.6 is 0 Å². The number of H-pyrrole nitrogens is 1. The van der Waals surface area contributed by atoms with Crippen molar-refractivity contribution in [3.8, 4) is 0 Å². The Bertz CT molecular complexity index is 575. The summed E-state index contributed by atoms with van der Waals surface area (Å²) in [4.78, 5) is 14.0. The molecule has 0 aliphatic carbocycles. The number of aromatic amines is 1. The van der Waals surface area contributed by atoms with Crippen LogP contribution in [0.5, 0.6) is 0 Å². The van der Waals surface area contributed by atoms with Crippen molar-refractivity contribution in [3.05, 3.63) is 41.7 Å². The molecule has 6 nitrogen and oxygen atoms in total. The maximum absolute atomic E-state index is 12.2. The van der Waals surface area contributed by atoms with E-state index in [2.05, 4.69) is 15.5 Å². The Labute approximate surface area is 123 Å². The van der Waals surface area contributed by atoms with E-state index in [-0.39, 0.29) is 19.1 Å². The summed E-state index contributed by atoms with van der Waals surface area (Å²) in [5, 5.41) is 18.9. The quantitative estimate of drug-likeness (QED) is 0.752. The van der Waals surface area contributed by atoms with Crippen LogP contribution in [-0.2, 0) is 4.79 Å². The van der Waals surface area contributed by atoms with Crippen LogP contribution in [-0.4, -0.2) is 40.9 Å². The lowest BCUT2D eigenvalue weighted by molar-refractivity contribution is -0.115. The smallest absolute Gasteiger partial charge is 0.243 e. The van der Waals surface area contributed by atoms with E-state index in [1.165, 1.54) is 0 Å². The van der Waals surface area contributed by atoms with E-state index < -0.39 is 0 Å². The second-order valence-electron chi connectivity index (χ2n) is 4.84. The van der Waals surface area contributed by atoms with E-state index in [1.807, 2.05) is 49.1 Å². The van der Waals surface area contributed by atoms with Crippen molar-refractivity contribution < 1.29 is 9.90 Å². The van der Waals surface area contributed by atoms with Gasteiger partial charge in [0.15, 0.2) is 0 Å². The van der Waals surface area contributed by atoms with Crippen molar-refractivity contribution in [2.45, 2.75) is 13.8 Å². The van der Waals surface area contributed by atoms with E-state index >= 15 is 0 Å².